The fraction of sp³-hybridized carbons (Fsp3) is 0.857. The molecule has 0 heteroatoms. The molecule has 0 spiro atoms. The highest BCUT2D eigenvalue weighted by Crippen LogP contribution is 2.62. The van der Waals surface area contributed by atoms with Gasteiger partial charge in [0.1, 0.15) is 0 Å². The van der Waals surface area contributed by atoms with E-state index in [1.54, 1.807) is 0 Å². The van der Waals surface area contributed by atoms with Gasteiger partial charge in [0.15, 0.2) is 0 Å². The maximum Gasteiger partial charge on any atom is -0.0231 e. The summed E-state index contributed by atoms with van der Waals surface area (Å²) in [4.78, 5) is 0. The molecule has 0 radical (unpaired) electrons. The summed E-state index contributed by atoms with van der Waals surface area (Å²) in [5.74, 6) is 2.57. The lowest BCUT2D eigenvalue weighted by molar-refractivity contribution is 0.262. The summed E-state index contributed by atoms with van der Waals surface area (Å²) in [5.41, 5.74) is 0.637. The lowest BCUT2D eigenvalue weighted by Crippen LogP contribution is -2.16. The van der Waals surface area contributed by atoms with Crippen molar-refractivity contribution in [3.8, 4) is 0 Å². The van der Waals surface area contributed by atoms with Gasteiger partial charge in [-0.15, -0.1) is 6.58 Å². The topological polar surface area (TPSA) is 0 Å². The SMILES string of the molecule is C=CC(C)C1CC1(C)C(CC)CCC. The van der Waals surface area contributed by atoms with E-state index in [-0.39, 0.29) is 0 Å². The summed E-state index contributed by atoms with van der Waals surface area (Å²) in [5, 5.41) is 0. The zero-order valence-electron chi connectivity index (χ0n) is 10.3. The second kappa shape index (κ2) is 4.51. The van der Waals surface area contributed by atoms with Crippen LogP contribution < -0.4 is 0 Å². The lowest BCUT2D eigenvalue weighted by atomic mass is 9.81. The molecule has 14 heavy (non-hydrogen) atoms. The van der Waals surface area contributed by atoms with Gasteiger partial charge in [-0.1, -0.05) is 53.0 Å². The molecule has 4 atom stereocenters. The van der Waals surface area contributed by atoms with Crippen molar-refractivity contribution in [1.29, 1.82) is 0 Å². The number of hydrogen-bond acceptors (Lipinski definition) is 0. The zero-order valence-corrected chi connectivity index (χ0v) is 10.3. The van der Waals surface area contributed by atoms with Crippen molar-refractivity contribution in [1.82, 2.24) is 0 Å². The van der Waals surface area contributed by atoms with Gasteiger partial charge in [0, 0.05) is 0 Å². The van der Waals surface area contributed by atoms with Crippen LogP contribution in [0.2, 0.25) is 0 Å². The highest BCUT2D eigenvalue weighted by atomic mass is 14.6. The normalized spacial score (nSPS) is 35.0. The van der Waals surface area contributed by atoms with E-state index in [1.807, 2.05) is 0 Å². The van der Waals surface area contributed by atoms with Crippen molar-refractivity contribution in [2.75, 3.05) is 0 Å². The first-order valence-electron chi connectivity index (χ1n) is 6.22. The maximum atomic E-state index is 3.92. The summed E-state index contributed by atoms with van der Waals surface area (Å²) < 4.78 is 0. The molecule has 0 bridgehead atoms. The summed E-state index contributed by atoms with van der Waals surface area (Å²) in [6, 6.07) is 0. The Morgan fingerprint density at radius 3 is 2.57 bits per heavy atom. The quantitative estimate of drug-likeness (QED) is 0.539. The van der Waals surface area contributed by atoms with E-state index in [2.05, 4.69) is 40.3 Å². The maximum absolute atomic E-state index is 3.92. The Balaban J connectivity index is 2.55. The van der Waals surface area contributed by atoms with Crippen molar-refractivity contribution < 1.29 is 0 Å². The molecule has 0 nitrogen and oxygen atoms in total. The van der Waals surface area contributed by atoms with Gasteiger partial charge >= 0.3 is 0 Å². The van der Waals surface area contributed by atoms with Crippen molar-refractivity contribution >= 4 is 0 Å². The van der Waals surface area contributed by atoms with Crippen LogP contribution in [0.25, 0.3) is 0 Å². The highest BCUT2D eigenvalue weighted by Gasteiger charge is 2.55. The Morgan fingerprint density at radius 2 is 2.14 bits per heavy atom. The van der Waals surface area contributed by atoms with Crippen molar-refractivity contribution in [3.05, 3.63) is 12.7 Å². The molecule has 1 aliphatic rings. The Kier molecular flexibility index (Phi) is 3.80. The van der Waals surface area contributed by atoms with Gasteiger partial charge in [-0.25, -0.2) is 0 Å². The minimum absolute atomic E-state index is 0.637. The van der Waals surface area contributed by atoms with Crippen LogP contribution in [-0.2, 0) is 0 Å². The molecular formula is C14H26. The smallest absolute Gasteiger partial charge is 0.0231 e. The van der Waals surface area contributed by atoms with E-state index in [0.717, 1.165) is 11.8 Å². The molecule has 0 N–H and O–H groups in total. The van der Waals surface area contributed by atoms with Gasteiger partial charge in [-0.3, -0.25) is 0 Å². The summed E-state index contributed by atoms with van der Waals surface area (Å²) in [6.45, 7) is 13.4. The fourth-order valence-corrected chi connectivity index (χ4v) is 3.18. The second-order valence-electron chi connectivity index (χ2n) is 5.31. The molecule has 0 aromatic rings. The third-order valence-electron chi connectivity index (χ3n) is 4.42. The van der Waals surface area contributed by atoms with Crippen LogP contribution in [0.5, 0.6) is 0 Å². The van der Waals surface area contributed by atoms with E-state index in [0.29, 0.717) is 11.3 Å². The van der Waals surface area contributed by atoms with Gasteiger partial charge < -0.3 is 0 Å². The molecule has 82 valence electrons. The van der Waals surface area contributed by atoms with Gasteiger partial charge in [0.25, 0.3) is 0 Å². The van der Waals surface area contributed by atoms with E-state index < -0.39 is 0 Å². The summed E-state index contributed by atoms with van der Waals surface area (Å²) >= 11 is 0. The molecule has 0 aromatic carbocycles. The Hall–Kier alpha value is -0.260. The molecule has 1 saturated carbocycles. The van der Waals surface area contributed by atoms with Crippen LogP contribution in [0.3, 0.4) is 0 Å². The van der Waals surface area contributed by atoms with Crippen molar-refractivity contribution in [3.63, 3.8) is 0 Å². The molecular weight excluding hydrogens is 168 g/mol. The Bertz CT molecular complexity index is 194. The van der Waals surface area contributed by atoms with Crippen LogP contribution in [0.1, 0.15) is 53.4 Å². The van der Waals surface area contributed by atoms with Gasteiger partial charge in [0.05, 0.1) is 0 Å². The first kappa shape index (κ1) is 11.8. The number of allylic oxidation sites excluding steroid dienone is 1. The van der Waals surface area contributed by atoms with Crippen molar-refractivity contribution in [2.45, 2.75) is 53.4 Å². The Labute approximate surface area is 89.8 Å². The predicted octanol–water partition coefficient (Wildman–Crippen LogP) is 4.66. The minimum Gasteiger partial charge on any atom is -0.103 e. The monoisotopic (exact) mass is 194 g/mol. The molecule has 0 saturated heterocycles. The molecule has 1 aliphatic carbocycles. The molecule has 1 fully saturated rings. The predicted molar refractivity (Wildman–Crippen MR) is 64.3 cm³/mol. The largest absolute Gasteiger partial charge is 0.103 e. The molecule has 0 amide bonds. The van der Waals surface area contributed by atoms with Crippen LogP contribution in [0, 0.1) is 23.2 Å². The van der Waals surface area contributed by atoms with E-state index in [1.165, 1.54) is 25.7 Å². The zero-order chi connectivity index (χ0) is 10.8. The minimum atomic E-state index is 0.637. The van der Waals surface area contributed by atoms with Crippen LogP contribution in [0.4, 0.5) is 0 Å². The summed E-state index contributed by atoms with van der Waals surface area (Å²) in [7, 11) is 0. The molecule has 0 aromatic heterocycles. The fourth-order valence-electron chi connectivity index (χ4n) is 3.18. The van der Waals surface area contributed by atoms with Crippen LogP contribution in [-0.4, -0.2) is 0 Å². The first-order valence-corrected chi connectivity index (χ1v) is 6.22. The van der Waals surface area contributed by atoms with Gasteiger partial charge in [0.2, 0.25) is 0 Å². The third kappa shape index (κ3) is 2.04. The van der Waals surface area contributed by atoms with E-state index >= 15 is 0 Å². The second-order valence-corrected chi connectivity index (χ2v) is 5.31. The molecule has 0 heterocycles. The number of rotatable bonds is 6. The van der Waals surface area contributed by atoms with Gasteiger partial charge in [-0.05, 0) is 29.6 Å². The Morgan fingerprint density at radius 1 is 1.50 bits per heavy atom. The average molecular weight is 194 g/mol. The van der Waals surface area contributed by atoms with E-state index in [4.69, 9.17) is 0 Å². The standard InChI is InChI=1S/C14H26/c1-6-9-12(8-3)14(5)10-13(14)11(4)7-2/h7,11-13H,2,6,8-10H2,1,3-5H3. The third-order valence-corrected chi connectivity index (χ3v) is 4.42. The van der Waals surface area contributed by atoms with Crippen LogP contribution >= 0.6 is 0 Å². The first-order chi connectivity index (χ1) is 6.60. The average Bonchev–Trinajstić information content (AvgIpc) is 2.87. The highest BCUT2D eigenvalue weighted by molar-refractivity contribution is 5.07. The number of hydrogen-bond donors (Lipinski definition) is 0. The van der Waals surface area contributed by atoms with Crippen LogP contribution in [0.15, 0.2) is 12.7 Å². The van der Waals surface area contributed by atoms with Crippen molar-refractivity contribution in [2.24, 2.45) is 23.2 Å². The van der Waals surface area contributed by atoms with Gasteiger partial charge in [-0.2, -0.15) is 0 Å². The molecule has 0 aliphatic heterocycles. The molecule has 4 unspecified atom stereocenters. The lowest BCUT2D eigenvalue weighted by Gasteiger charge is -2.24. The molecule has 1 rings (SSSR count). The van der Waals surface area contributed by atoms with E-state index in [9.17, 15) is 0 Å². The summed E-state index contributed by atoms with van der Waals surface area (Å²) in [6.07, 6.45) is 7.66.